The molecule has 7 heteroatoms. The van der Waals surface area contributed by atoms with Gasteiger partial charge in [0.05, 0.1) is 19.3 Å². The second kappa shape index (κ2) is 10.4. The first-order chi connectivity index (χ1) is 12.3. The van der Waals surface area contributed by atoms with Gasteiger partial charge in [0.2, 0.25) is 5.78 Å². The quantitative estimate of drug-likeness (QED) is 0.625. The summed E-state index contributed by atoms with van der Waals surface area (Å²) in [6, 6.07) is 7.07. The van der Waals surface area contributed by atoms with E-state index in [1.54, 1.807) is 38.1 Å². The number of ketones is 1. The summed E-state index contributed by atoms with van der Waals surface area (Å²) in [6.07, 6.45) is -0.357. The van der Waals surface area contributed by atoms with Crippen molar-refractivity contribution in [2.45, 2.75) is 53.2 Å². The molecule has 0 aliphatic heterocycles. The molecule has 26 heavy (non-hydrogen) atoms. The fraction of sp³-hybridized carbons (Fsp3) is 0.526. The minimum Gasteiger partial charge on any atom is -0.491 e. The second-order valence-electron chi connectivity index (χ2n) is 5.91. The van der Waals surface area contributed by atoms with Gasteiger partial charge in [-0.3, -0.25) is 9.59 Å². The van der Waals surface area contributed by atoms with Gasteiger partial charge in [-0.05, 0) is 51.5 Å². The molecule has 0 bridgehead atoms. The molecule has 0 radical (unpaired) electrons. The lowest BCUT2D eigenvalue weighted by atomic mass is 10.3. The first-order valence-corrected chi connectivity index (χ1v) is 8.71. The Labute approximate surface area is 154 Å². The molecule has 2 unspecified atom stereocenters. The third kappa shape index (κ3) is 6.74. The number of amides is 2. The van der Waals surface area contributed by atoms with Crippen molar-refractivity contribution in [3.63, 3.8) is 0 Å². The van der Waals surface area contributed by atoms with Crippen LogP contribution in [0.15, 0.2) is 24.3 Å². The van der Waals surface area contributed by atoms with Crippen LogP contribution in [-0.2, 0) is 14.3 Å². The highest BCUT2D eigenvalue weighted by Gasteiger charge is 2.28. The molecule has 1 aromatic rings. The summed E-state index contributed by atoms with van der Waals surface area (Å²) >= 11 is 0. The van der Waals surface area contributed by atoms with Crippen LogP contribution < -0.4 is 9.47 Å². The highest BCUT2D eigenvalue weighted by Crippen LogP contribution is 2.20. The van der Waals surface area contributed by atoms with Crippen LogP contribution in [-0.4, -0.2) is 48.0 Å². The lowest BCUT2D eigenvalue weighted by Gasteiger charge is -2.23. The van der Waals surface area contributed by atoms with Crippen LogP contribution in [0.2, 0.25) is 0 Å². The lowest BCUT2D eigenvalue weighted by Crippen LogP contribution is -2.45. The van der Waals surface area contributed by atoms with Gasteiger partial charge in [-0.1, -0.05) is 6.92 Å². The van der Waals surface area contributed by atoms with Gasteiger partial charge in [-0.2, -0.15) is 0 Å². The fourth-order valence-corrected chi connectivity index (χ4v) is 2.07. The number of Topliss-reactive ketones (excluding diaryl/α,β-unsaturated/α-hetero) is 1. The molecule has 144 valence electrons. The van der Waals surface area contributed by atoms with E-state index in [0.29, 0.717) is 5.75 Å². The third-order valence-corrected chi connectivity index (χ3v) is 3.55. The average Bonchev–Trinajstić information content (AvgIpc) is 2.60. The summed E-state index contributed by atoms with van der Waals surface area (Å²) in [7, 11) is 0. The largest absolute Gasteiger partial charge is 0.491 e. The minimum absolute atomic E-state index is 0.0949. The van der Waals surface area contributed by atoms with Gasteiger partial charge in [-0.25, -0.2) is 9.69 Å². The van der Waals surface area contributed by atoms with Gasteiger partial charge in [0.1, 0.15) is 17.6 Å². The molecule has 0 saturated carbocycles. The van der Waals surface area contributed by atoms with Crippen LogP contribution in [0, 0.1) is 0 Å². The van der Waals surface area contributed by atoms with Gasteiger partial charge >= 0.3 is 6.09 Å². The van der Waals surface area contributed by atoms with Crippen molar-refractivity contribution in [3.05, 3.63) is 24.3 Å². The number of hydrogen-bond donors (Lipinski definition) is 0. The van der Waals surface area contributed by atoms with Gasteiger partial charge in [0.15, 0.2) is 0 Å². The summed E-state index contributed by atoms with van der Waals surface area (Å²) < 4.78 is 16.2. The van der Waals surface area contributed by atoms with Crippen LogP contribution in [0.3, 0.4) is 0 Å². The Morgan fingerprint density at radius 2 is 1.46 bits per heavy atom. The van der Waals surface area contributed by atoms with E-state index < -0.39 is 23.9 Å². The monoisotopic (exact) mass is 365 g/mol. The third-order valence-electron chi connectivity index (χ3n) is 3.55. The van der Waals surface area contributed by atoms with Gasteiger partial charge in [-0.15, -0.1) is 0 Å². The first kappa shape index (κ1) is 21.5. The predicted octanol–water partition coefficient (Wildman–Crippen LogP) is 3.21. The molecule has 0 fully saturated rings. The Kier molecular flexibility index (Phi) is 8.61. The summed E-state index contributed by atoms with van der Waals surface area (Å²) in [5.74, 6) is -0.361. The zero-order valence-electron chi connectivity index (χ0n) is 16.0. The lowest BCUT2D eigenvalue weighted by molar-refractivity contribution is -0.143. The SMILES string of the molecule is CCOC(=O)N(CC(C)Oc1ccc(OC(C)CC)cc1)C(=O)C(C)=O. The number of benzene rings is 1. The molecule has 0 aromatic heterocycles. The van der Waals surface area contributed by atoms with Crippen LogP contribution in [0.4, 0.5) is 4.79 Å². The molecule has 0 saturated heterocycles. The maximum Gasteiger partial charge on any atom is 0.416 e. The van der Waals surface area contributed by atoms with Gasteiger partial charge in [0.25, 0.3) is 5.91 Å². The van der Waals surface area contributed by atoms with Crippen molar-refractivity contribution < 1.29 is 28.6 Å². The smallest absolute Gasteiger partial charge is 0.416 e. The fourth-order valence-electron chi connectivity index (χ4n) is 2.07. The van der Waals surface area contributed by atoms with Crippen molar-refractivity contribution >= 4 is 17.8 Å². The van der Waals surface area contributed by atoms with Gasteiger partial charge in [0, 0.05) is 6.92 Å². The Morgan fingerprint density at radius 1 is 0.962 bits per heavy atom. The normalized spacial score (nSPS) is 12.7. The van der Waals surface area contributed by atoms with Crippen LogP contribution in [0.1, 0.15) is 41.0 Å². The number of nitrogens with zero attached hydrogens (tertiary/aromatic N) is 1. The molecule has 0 N–H and O–H groups in total. The number of ether oxygens (including phenoxy) is 3. The maximum atomic E-state index is 11.9. The molecular weight excluding hydrogens is 338 g/mol. The van der Waals surface area contributed by atoms with Gasteiger partial charge < -0.3 is 14.2 Å². The number of rotatable bonds is 9. The van der Waals surface area contributed by atoms with Crippen LogP contribution in [0.25, 0.3) is 0 Å². The summed E-state index contributed by atoms with van der Waals surface area (Å²) in [5, 5.41) is 0. The Hall–Kier alpha value is -2.57. The molecule has 1 rings (SSSR count). The Balaban J connectivity index is 2.72. The first-order valence-electron chi connectivity index (χ1n) is 8.71. The molecule has 0 aliphatic carbocycles. The molecule has 2 atom stereocenters. The molecule has 2 amide bonds. The predicted molar refractivity (Wildman–Crippen MR) is 96.3 cm³/mol. The summed E-state index contributed by atoms with van der Waals surface area (Å²) in [5.41, 5.74) is 0. The van der Waals surface area contributed by atoms with E-state index in [4.69, 9.17) is 14.2 Å². The number of carbonyl (C=O) groups excluding carboxylic acids is 3. The highest BCUT2D eigenvalue weighted by atomic mass is 16.6. The zero-order chi connectivity index (χ0) is 19.7. The van der Waals surface area contributed by atoms with E-state index in [0.717, 1.165) is 24.0 Å². The standard InChI is InChI=1S/C19H27NO6/c1-6-13(3)25-16-8-10-17(11-9-16)26-14(4)12-20(18(22)15(5)21)19(23)24-7-2/h8-11,13-14H,6-7,12H2,1-5H3. The van der Waals surface area contributed by atoms with Crippen molar-refractivity contribution in [2.24, 2.45) is 0 Å². The van der Waals surface area contributed by atoms with E-state index in [1.165, 1.54) is 0 Å². The van der Waals surface area contributed by atoms with Crippen molar-refractivity contribution in [1.82, 2.24) is 4.90 Å². The van der Waals surface area contributed by atoms with E-state index in [9.17, 15) is 14.4 Å². The highest BCUT2D eigenvalue weighted by molar-refractivity contribution is 6.37. The number of carbonyl (C=O) groups is 3. The average molecular weight is 365 g/mol. The number of imide groups is 1. The van der Waals surface area contributed by atoms with E-state index in [-0.39, 0.29) is 19.3 Å². The van der Waals surface area contributed by atoms with E-state index >= 15 is 0 Å². The van der Waals surface area contributed by atoms with E-state index in [1.807, 2.05) is 13.8 Å². The minimum atomic E-state index is -0.920. The Morgan fingerprint density at radius 3 is 1.88 bits per heavy atom. The molecule has 7 nitrogen and oxygen atoms in total. The summed E-state index contributed by atoms with van der Waals surface area (Å²) in [6.45, 7) is 8.47. The van der Waals surface area contributed by atoms with Crippen molar-refractivity contribution in [2.75, 3.05) is 13.2 Å². The molecule has 0 heterocycles. The van der Waals surface area contributed by atoms with Crippen LogP contribution >= 0.6 is 0 Å². The zero-order valence-corrected chi connectivity index (χ0v) is 16.0. The van der Waals surface area contributed by atoms with Crippen molar-refractivity contribution in [3.8, 4) is 11.5 Å². The number of hydrogen-bond acceptors (Lipinski definition) is 6. The molecular formula is C19H27NO6. The second-order valence-corrected chi connectivity index (χ2v) is 5.91. The Bertz CT molecular complexity index is 613. The topological polar surface area (TPSA) is 82.1 Å². The molecule has 0 aliphatic rings. The summed E-state index contributed by atoms with van der Waals surface area (Å²) in [4.78, 5) is 35.9. The molecule has 1 aromatic carbocycles. The van der Waals surface area contributed by atoms with Crippen molar-refractivity contribution in [1.29, 1.82) is 0 Å². The molecule has 0 spiro atoms. The van der Waals surface area contributed by atoms with E-state index in [2.05, 4.69) is 0 Å². The maximum absolute atomic E-state index is 11.9. The van der Waals surface area contributed by atoms with Crippen LogP contribution in [0.5, 0.6) is 11.5 Å².